The van der Waals surface area contributed by atoms with E-state index in [1.165, 1.54) is 24.3 Å². The summed E-state index contributed by atoms with van der Waals surface area (Å²) in [6.07, 6.45) is 2.37. The maximum Gasteiger partial charge on any atom is 0.334 e. The fourth-order valence-electron chi connectivity index (χ4n) is 1.99. The van der Waals surface area contributed by atoms with E-state index in [1.54, 1.807) is 6.92 Å². The van der Waals surface area contributed by atoms with Gasteiger partial charge in [0.1, 0.15) is 11.8 Å². The number of carbonyl (C=O) groups is 3. The van der Waals surface area contributed by atoms with Gasteiger partial charge in [0.15, 0.2) is 0 Å². The predicted molar refractivity (Wildman–Crippen MR) is 73.8 cm³/mol. The summed E-state index contributed by atoms with van der Waals surface area (Å²) >= 11 is 0. The smallest absolute Gasteiger partial charge is 0.334 e. The molecule has 0 saturated heterocycles. The quantitative estimate of drug-likeness (QED) is 0.266. The molecule has 22 heavy (non-hydrogen) atoms. The molecule has 0 saturated carbocycles. The van der Waals surface area contributed by atoms with Crippen molar-refractivity contribution < 1.29 is 24.0 Å². The number of esters is 1. The van der Waals surface area contributed by atoms with Gasteiger partial charge in [0.05, 0.1) is 4.92 Å². The van der Waals surface area contributed by atoms with Crippen LogP contribution in [-0.2, 0) is 14.4 Å². The van der Waals surface area contributed by atoms with Gasteiger partial charge < -0.3 is 4.74 Å². The number of carbonyl (C=O) groups excluding carboxylic acids is 3. The van der Waals surface area contributed by atoms with Crippen molar-refractivity contribution >= 4 is 23.5 Å². The lowest BCUT2D eigenvalue weighted by Crippen LogP contribution is -2.46. The molecule has 2 rings (SSSR count). The van der Waals surface area contributed by atoms with Crippen molar-refractivity contribution in [2.75, 3.05) is 0 Å². The number of benzene rings is 1. The summed E-state index contributed by atoms with van der Waals surface area (Å²) in [6, 6.07) is 3.89. The Morgan fingerprint density at radius 2 is 1.77 bits per heavy atom. The van der Waals surface area contributed by atoms with E-state index < -0.39 is 28.7 Å². The predicted octanol–water partition coefficient (Wildman–Crippen LogP) is 1.20. The number of non-ortho nitro benzene ring substituents is 1. The number of nitro groups is 1. The molecule has 114 valence electrons. The summed E-state index contributed by atoms with van der Waals surface area (Å²) in [6.45, 7) is 1.64. The zero-order valence-electron chi connectivity index (χ0n) is 11.6. The number of hydrogen-bond donors (Lipinski definition) is 0. The molecule has 1 atom stereocenters. The highest BCUT2D eigenvalue weighted by atomic mass is 16.6. The second kappa shape index (κ2) is 6.17. The first-order chi connectivity index (χ1) is 10.4. The Bertz CT molecular complexity index is 646. The Morgan fingerprint density at radius 1 is 1.23 bits per heavy atom. The molecule has 8 nitrogen and oxygen atoms in total. The van der Waals surface area contributed by atoms with E-state index >= 15 is 0 Å². The number of ether oxygens (including phenoxy) is 1. The van der Waals surface area contributed by atoms with Crippen molar-refractivity contribution in [1.29, 1.82) is 0 Å². The van der Waals surface area contributed by atoms with Gasteiger partial charge in [-0.1, -0.05) is 6.92 Å². The largest absolute Gasteiger partial charge is 0.425 e. The highest BCUT2D eigenvalue weighted by Crippen LogP contribution is 2.20. The molecule has 1 heterocycles. The van der Waals surface area contributed by atoms with Crippen LogP contribution in [0.4, 0.5) is 5.69 Å². The number of rotatable bonds is 5. The summed E-state index contributed by atoms with van der Waals surface area (Å²) in [7, 11) is 0. The van der Waals surface area contributed by atoms with Gasteiger partial charge in [-0.15, -0.1) is 0 Å². The lowest BCUT2D eigenvalue weighted by Gasteiger charge is -2.23. The number of amides is 2. The molecule has 1 aliphatic rings. The summed E-state index contributed by atoms with van der Waals surface area (Å²) in [5.41, 5.74) is -0.138. The van der Waals surface area contributed by atoms with Crippen LogP contribution in [0, 0.1) is 10.1 Å². The fraction of sp³-hybridized carbons (Fsp3) is 0.214. The molecule has 1 aromatic carbocycles. The van der Waals surface area contributed by atoms with E-state index in [9.17, 15) is 24.5 Å². The van der Waals surface area contributed by atoms with Gasteiger partial charge in [0.2, 0.25) is 0 Å². The highest BCUT2D eigenvalue weighted by molar-refractivity contribution is 6.14. The zero-order chi connectivity index (χ0) is 16.3. The molecular weight excluding hydrogens is 292 g/mol. The summed E-state index contributed by atoms with van der Waals surface area (Å²) < 4.78 is 5.08. The van der Waals surface area contributed by atoms with E-state index in [4.69, 9.17) is 4.74 Å². The second-order valence-electron chi connectivity index (χ2n) is 4.48. The van der Waals surface area contributed by atoms with Crippen molar-refractivity contribution in [3.05, 3.63) is 46.5 Å². The summed E-state index contributed by atoms with van der Waals surface area (Å²) in [5, 5.41) is 10.5. The van der Waals surface area contributed by atoms with Crippen LogP contribution in [0.2, 0.25) is 0 Å². The van der Waals surface area contributed by atoms with Crippen LogP contribution in [-0.4, -0.2) is 33.6 Å². The monoisotopic (exact) mass is 304 g/mol. The minimum Gasteiger partial charge on any atom is -0.425 e. The van der Waals surface area contributed by atoms with Gasteiger partial charge in [-0.25, -0.2) is 4.79 Å². The molecule has 1 aromatic rings. The van der Waals surface area contributed by atoms with E-state index in [-0.39, 0.29) is 17.9 Å². The van der Waals surface area contributed by atoms with Crippen LogP contribution >= 0.6 is 0 Å². The van der Waals surface area contributed by atoms with Gasteiger partial charge in [-0.05, 0) is 18.6 Å². The molecule has 8 heteroatoms. The first-order valence-corrected chi connectivity index (χ1v) is 6.45. The third-order valence-electron chi connectivity index (χ3n) is 3.08. The first-order valence-electron chi connectivity index (χ1n) is 6.45. The number of nitrogens with zero attached hydrogens (tertiary/aromatic N) is 2. The molecule has 0 aromatic heterocycles. The van der Waals surface area contributed by atoms with Crippen LogP contribution in [0.3, 0.4) is 0 Å². The van der Waals surface area contributed by atoms with Crippen LogP contribution in [0.1, 0.15) is 13.3 Å². The average molecular weight is 304 g/mol. The third kappa shape index (κ3) is 3.00. The van der Waals surface area contributed by atoms with Crippen molar-refractivity contribution in [3.63, 3.8) is 0 Å². The van der Waals surface area contributed by atoms with Crippen LogP contribution < -0.4 is 4.74 Å². The van der Waals surface area contributed by atoms with Gasteiger partial charge in [-0.3, -0.25) is 24.6 Å². The van der Waals surface area contributed by atoms with Crippen LogP contribution in [0.25, 0.3) is 0 Å². The summed E-state index contributed by atoms with van der Waals surface area (Å²) in [5.74, 6) is -1.82. The molecule has 0 aliphatic carbocycles. The van der Waals surface area contributed by atoms with Crippen LogP contribution in [0.15, 0.2) is 36.4 Å². The maximum atomic E-state index is 12.1. The van der Waals surface area contributed by atoms with E-state index in [2.05, 4.69) is 0 Å². The van der Waals surface area contributed by atoms with Crippen molar-refractivity contribution in [2.45, 2.75) is 19.4 Å². The summed E-state index contributed by atoms with van der Waals surface area (Å²) in [4.78, 5) is 46.1. The minimum absolute atomic E-state index is 0.0982. The molecule has 1 aliphatic heterocycles. The lowest BCUT2D eigenvalue weighted by molar-refractivity contribution is -0.384. The molecule has 0 fully saturated rings. The fourth-order valence-corrected chi connectivity index (χ4v) is 1.99. The van der Waals surface area contributed by atoms with Crippen LogP contribution in [0.5, 0.6) is 5.75 Å². The Morgan fingerprint density at radius 3 is 2.23 bits per heavy atom. The van der Waals surface area contributed by atoms with Gasteiger partial charge in [0.25, 0.3) is 17.5 Å². The Balaban J connectivity index is 2.11. The zero-order valence-corrected chi connectivity index (χ0v) is 11.6. The standard InChI is InChI=1S/C14H12N2O6/c1-2-11(15-12(17)7-8-13(15)18)14(19)22-10-5-3-9(4-6-10)16(20)21/h3-8,11H,2H2,1H3. The average Bonchev–Trinajstić information content (AvgIpc) is 2.81. The lowest BCUT2D eigenvalue weighted by atomic mass is 10.2. The SMILES string of the molecule is CCC(C(=O)Oc1ccc([N+](=O)[O-])cc1)N1C(=O)C=CC1=O. The molecule has 1 unspecified atom stereocenters. The topological polar surface area (TPSA) is 107 Å². The molecule has 0 bridgehead atoms. The number of nitro benzene ring substituents is 1. The first kappa shape index (κ1) is 15.4. The van der Waals surface area contributed by atoms with Crippen molar-refractivity contribution in [1.82, 2.24) is 4.90 Å². The molecule has 0 N–H and O–H groups in total. The highest BCUT2D eigenvalue weighted by Gasteiger charge is 2.35. The molecule has 2 amide bonds. The van der Waals surface area contributed by atoms with E-state index in [0.29, 0.717) is 0 Å². The Kier molecular flexibility index (Phi) is 4.31. The molecule has 0 radical (unpaired) electrons. The molecule has 0 spiro atoms. The Labute approximate surface area is 125 Å². The van der Waals surface area contributed by atoms with Gasteiger partial charge >= 0.3 is 5.97 Å². The number of imide groups is 1. The van der Waals surface area contributed by atoms with Crippen molar-refractivity contribution in [3.8, 4) is 5.75 Å². The molecular formula is C14H12N2O6. The number of hydrogen-bond acceptors (Lipinski definition) is 6. The normalized spacial score (nSPS) is 15.0. The minimum atomic E-state index is -1.04. The van der Waals surface area contributed by atoms with E-state index in [0.717, 1.165) is 17.1 Å². The van der Waals surface area contributed by atoms with Gasteiger partial charge in [-0.2, -0.15) is 0 Å². The van der Waals surface area contributed by atoms with E-state index in [1.807, 2.05) is 0 Å². The van der Waals surface area contributed by atoms with Gasteiger partial charge in [0, 0.05) is 24.3 Å². The Hall–Kier alpha value is -3.03. The third-order valence-corrected chi connectivity index (χ3v) is 3.08. The maximum absolute atomic E-state index is 12.1. The second-order valence-corrected chi connectivity index (χ2v) is 4.48. The van der Waals surface area contributed by atoms with Crippen molar-refractivity contribution in [2.24, 2.45) is 0 Å².